The number of rotatable bonds is 3. The van der Waals surface area contributed by atoms with Gasteiger partial charge in [0.2, 0.25) is 0 Å². The molecular formula is C14H17BFNO4. The molecule has 0 unspecified atom stereocenters. The molecule has 1 aliphatic rings. The predicted octanol–water partition coefficient (Wildman–Crippen LogP) is 2.56. The number of pyridine rings is 1. The second kappa shape index (κ2) is 5.24. The Labute approximate surface area is 122 Å². The van der Waals surface area contributed by atoms with Crippen molar-refractivity contribution in [2.24, 2.45) is 0 Å². The molecule has 2 heterocycles. The van der Waals surface area contributed by atoms with Gasteiger partial charge in [0.05, 0.1) is 28.7 Å². The van der Waals surface area contributed by atoms with Gasteiger partial charge >= 0.3 is 13.1 Å². The number of carboxylic acid groups (broad SMARTS) is 1. The van der Waals surface area contributed by atoms with Crippen molar-refractivity contribution < 1.29 is 23.6 Å². The molecule has 0 saturated carbocycles. The molecule has 0 bridgehead atoms. The first-order valence-electron chi connectivity index (χ1n) is 6.55. The molecule has 1 fully saturated rings. The first kappa shape index (κ1) is 15.7. The van der Waals surface area contributed by atoms with Gasteiger partial charge in [-0.25, -0.2) is 9.18 Å². The SMILES string of the molecule is CC1(C)OB(/C=C/c2cc(C(=O)O)c(F)cn2)OC1(C)C. The van der Waals surface area contributed by atoms with Crippen molar-refractivity contribution in [1.29, 1.82) is 0 Å². The summed E-state index contributed by atoms with van der Waals surface area (Å²) in [7, 11) is -0.560. The van der Waals surface area contributed by atoms with E-state index in [4.69, 9.17) is 14.4 Å². The lowest BCUT2D eigenvalue weighted by molar-refractivity contribution is 0.00578. The van der Waals surface area contributed by atoms with Crippen molar-refractivity contribution in [2.75, 3.05) is 0 Å². The summed E-state index contributed by atoms with van der Waals surface area (Å²) in [5, 5.41) is 8.87. The molecule has 0 amide bonds. The van der Waals surface area contributed by atoms with E-state index < -0.39 is 35.7 Å². The Morgan fingerprint density at radius 2 is 1.90 bits per heavy atom. The molecule has 112 valence electrons. The van der Waals surface area contributed by atoms with Gasteiger partial charge in [-0.3, -0.25) is 4.98 Å². The van der Waals surface area contributed by atoms with E-state index in [0.29, 0.717) is 5.69 Å². The van der Waals surface area contributed by atoms with Crippen LogP contribution in [0.2, 0.25) is 0 Å². The van der Waals surface area contributed by atoms with Crippen molar-refractivity contribution in [1.82, 2.24) is 4.98 Å². The highest BCUT2D eigenvalue weighted by molar-refractivity contribution is 6.52. The van der Waals surface area contributed by atoms with Crippen LogP contribution in [0.15, 0.2) is 18.2 Å². The molecule has 1 aromatic rings. The standard InChI is InChI=1S/C14H17BFNO4/c1-13(2)14(3,4)21-15(20-13)6-5-9-7-10(12(18)19)11(16)8-17-9/h5-8H,1-4H3,(H,18,19)/b6-5+. The largest absolute Gasteiger partial charge is 0.487 e. The Morgan fingerprint density at radius 1 is 1.33 bits per heavy atom. The van der Waals surface area contributed by atoms with Crippen molar-refractivity contribution in [3.8, 4) is 0 Å². The molecule has 0 aromatic carbocycles. The van der Waals surface area contributed by atoms with Crippen LogP contribution in [0.3, 0.4) is 0 Å². The third kappa shape index (κ3) is 3.14. The van der Waals surface area contributed by atoms with Gasteiger partial charge in [-0.05, 0) is 39.8 Å². The lowest BCUT2D eigenvalue weighted by atomic mass is 9.89. The van der Waals surface area contributed by atoms with Gasteiger partial charge in [0.15, 0.2) is 5.82 Å². The van der Waals surface area contributed by atoms with Gasteiger partial charge in [-0.2, -0.15) is 0 Å². The summed E-state index contributed by atoms with van der Waals surface area (Å²) in [5.41, 5.74) is -1.00. The van der Waals surface area contributed by atoms with E-state index in [1.165, 1.54) is 6.07 Å². The molecule has 0 atom stereocenters. The van der Waals surface area contributed by atoms with Crippen molar-refractivity contribution in [3.63, 3.8) is 0 Å². The fourth-order valence-electron chi connectivity index (χ4n) is 1.85. The minimum atomic E-state index is -1.33. The maximum atomic E-state index is 13.2. The monoisotopic (exact) mass is 293 g/mol. The summed E-state index contributed by atoms with van der Waals surface area (Å²) in [5.74, 6) is -0.571. The lowest BCUT2D eigenvalue weighted by Gasteiger charge is -2.32. The predicted molar refractivity (Wildman–Crippen MR) is 76.3 cm³/mol. The molecule has 1 aliphatic heterocycles. The first-order valence-corrected chi connectivity index (χ1v) is 6.55. The fourth-order valence-corrected chi connectivity index (χ4v) is 1.85. The van der Waals surface area contributed by atoms with Gasteiger partial charge < -0.3 is 14.4 Å². The molecule has 0 aliphatic carbocycles. The molecule has 2 rings (SSSR count). The van der Waals surface area contributed by atoms with Crippen molar-refractivity contribution in [3.05, 3.63) is 35.3 Å². The summed E-state index contributed by atoms with van der Waals surface area (Å²) in [4.78, 5) is 14.7. The third-order valence-electron chi connectivity index (χ3n) is 3.80. The number of hydrogen-bond donors (Lipinski definition) is 1. The van der Waals surface area contributed by atoms with Crippen LogP contribution >= 0.6 is 0 Å². The van der Waals surface area contributed by atoms with Crippen LogP contribution < -0.4 is 0 Å². The summed E-state index contributed by atoms with van der Waals surface area (Å²) in [6.45, 7) is 7.72. The molecule has 1 aromatic heterocycles. The topological polar surface area (TPSA) is 68.7 Å². The number of aromatic carboxylic acids is 1. The van der Waals surface area contributed by atoms with E-state index in [9.17, 15) is 9.18 Å². The third-order valence-corrected chi connectivity index (χ3v) is 3.80. The second-order valence-corrected chi connectivity index (χ2v) is 5.88. The molecule has 0 radical (unpaired) electrons. The highest BCUT2D eigenvalue weighted by Gasteiger charge is 2.50. The summed E-state index contributed by atoms with van der Waals surface area (Å²) in [6.07, 6.45) is 2.43. The zero-order chi connectivity index (χ0) is 15.8. The van der Waals surface area contributed by atoms with E-state index in [2.05, 4.69) is 4.98 Å². The van der Waals surface area contributed by atoms with Gasteiger partial charge in [0.25, 0.3) is 0 Å². The number of carboxylic acids is 1. The summed E-state index contributed by atoms with van der Waals surface area (Å²) in [6, 6.07) is 1.17. The molecule has 1 saturated heterocycles. The Kier molecular flexibility index (Phi) is 3.90. The number of carbonyl (C=O) groups is 1. The van der Waals surface area contributed by atoms with Crippen LogP contribution in [0.4, 0.5) is 4.39 Å². The number of halogens is 1. The quantitative estimate of drug-likeness (QED) is 0.867. The van der Waals surface area contributed by atoms with E-state index in [1.807, 2.05) is 27.7 Å². The molecule has 5 nitrogen and oxygen atoms in total. The van der Waals surface area contributed by atoms with Crippen LogP contribution in [-0.4, -0.2) is 34.4 Å². The molecule has 7 heteroatoms. The highest BCUT2D eigenvalue weighted by atomic mass is 19.1. The highest BCUT2D eigenvalue weighted by Crippen LogP contribution is 2.36. The number of nitrogens with zero attached hydrogens (tertiary/aromatic N) is 1. The Morgan fingerprint density at radius 3 is 2.43 bits per heavy atom. The van der Waals surface area contributed by atoms with E-state index in [0.717, 1.165) is 6.20 Å². The van der Waals surface area contributed by atoms with E-state index in [1.54, 1.807) is 12.1 Å². The molecule has 21 heavy (non-hydrogen) atoms. The lowest BCUT2D eigenvalue weighted by Crippen LogP contribution is -2.41. The maximum absolute atomic E-state index is 13.2. The van der Waals surface area contributed by atoms with Gasteiger partial charge in [0, 0.05) is 0 Å². The first-order chi connectivity index (χ1) is 9.62. The van der Waals surface area contributed by atoms with Crippen molar-refractivity contribution >= 4 is 19.2 Å². The number of hydrogen-bond acceptors (Lipinski definition) is 4. The minimum Gasteiger partial charge on any atom is -0.478 e. The Bertz CT molecular complexity index is 585. The average Bonchev–Trinajstić information content (AvgIpc) is 2.56. The van der Waals surface area contributed by atoms with Crippen LogP contribution in [-0.2, 0) is 9.31 Å². The molecule has 1 N–H and O–H groups in total. The van der Waals surface area contributed by atoms with Gasteiger partial charge in [-0.15, -0.1) is 0 Å². The van der Waals surface area contributed by atoms with Gasteiger partial charge in [0.1, 0.15) is 0 Å². The fraction of sp³-hybridized carbons (Fsp3) is 0.429. The number of aromatic nitrogens is 1. The Balaban J connectivity index is 2.16. The maximum Gasteiger partial charge on any atom is 0.487 e. The zero-order valence-electron chi connectivity index (χ0n) is 12.4. The molecule has 0 spiro atoms. The van der Waals surface area contributed by atoms with Crippen molar-refractivity contribution in [2.45, 2.75) is 38.9 Å². The summed E-state index contributed by atoms with van der Waals surface area (Å²) >= 11 is 0. The van der Waals surface area contributed by atoms with Crippen LogP contribution in [0.1, 0.15) is 43.7 Å². The van der Waals surface area contributed by atoms with Crippen LogP contribution in [0.25, 0.3) is 6.08 Å². The average molecular weight is 293 g/mol. The second-order valence-electron chi connectivity index (χ2n) is 5.88. The summed E-state index contributed by atoms with van der Waals surface area (Å²) < 4.78 is 24.8. The van der Waals surface area contributed by atoms with E-state index >= 15 is 0 Å². The van der Waals surface area contributed by atoms with Gasteiger partial charge in [-0.1, -0.05) is 5.98 Å². The normalized spacial score (nSPS) is 20.1. The minimum absolute atomic E-state index is 0.323. The zero-order valence-corrected chi connectivity index (χ0v) is 12.4. The van der Waals surface area contributed by atoms with Crippen LogP contribution in [0, 0.1) is 5.82 Å². The Hall–Kier alpha value is -1.73. The smallest absolute Gasteiger partial charge is 0.478 e. The van der Waals surface area contributed by atoms with E-state index in [-0.39, 0.29) is 0 Å². The molecular weight excluding hydrogens is 276 g/mol. The van der Waals surface area contributed by atoms with Crippen LogP contribution in [0.5, 0.6) is 0 Å².